The Bertz CT molecular complexity index is 2750. The predicted octanol–water partition coefficient (Wildman–Crippen LogP) is 12.6. The third kappa shape index (κ3) is 18.3. The molecule has 16 heteroatoms. The average molecular weight is 1380 g/mol. The molecule has 13 nitrogen and oxygen atoms in total. The lowest BCUT2D eigenvalue weighted by molar-refractivity contribution is -0.373. The van der Waals surface area contributed by atoms with Crippen LogP contribution in [0.1, 0.15) is 40.3 Å². The monoisotopic (exact) mass is 1380 g/mol. The summed E-state index contributed by atoms with van der Waals surface area (Å²) < 4.78 is 78.5. The van der Waals surface area contributed by atoms with Gasteiger partial charge in [0, 0.05) is 20.2 Å². The Morgan fingerprint density at radius 3 is 1.16 bits per heavy atom. The summed E-state index contributed by atoms with van der Waals surface area (Å²) in [6.07, 6.45) is -9.03. The van der Waals surface area contributed by atoms with Gasteiger partial charge in [0.1, 0.15) is 36.6 Å². The maximum atomic E-state index is 13.5. The molecule has 8 rings (SSSR count). The van der Waals surface area contributed by atoms with Gasteiger partial charge in [-0.3, -0.25) is 10.2 Å². The van der Waals surface area contributed by atoms with Crippen molar-refractivity contribution in [3.05, 3.63) is 233 Å². The third-order valence-corrected chi connectivity index (χ3v) is 17.2. The number of halogens is 3. The Morgan fingerprint density at radius 1 is 0.455 bits per heavy atom. The molecule has 0 aliphatic carbocycles. The van der Waals surface area contributed by atoms with E-state index >= 15 is 0 Å². The van der Waals surface area contributed by atoms with E-state index in [0.29, 0.717) is 0 Å². The van der Waals surface area contributed by atoms with Crippen LogP contribution in [0.25, 0.3) is 0 Å². The van der Waals surface area contributed by atoms with Crippen LogP contribution in [0.3, 0.4) is 0 Å². The molecule has 0 aromatic heterocycles. The third-order valence-electron chi connectivity index (χ3n) is 12.5. The number of hydrogen-bond acceptors (Lipinski definition) is 13. The Labute approximate surface area is 491 Å². The summed E-state index contributed by atoms with van der Waals surface area (Å²) in [7, 11) is 0. The van der Waals surface area contributed by atoms with E-state index in [2.05, 4.69) is 67.8 Å². The van der Waals surface area contributed by atoms with Gasteiger partial charge in [0.05, 0.1) is 52.9 Å². The molecule has 0 saturated carbocycles. The standard InChI is InChI=1S/C61H62I3NO12/c1-42(66)73-58-56(71-38-47-28-16-6-17-29-47)54(69-36-45-24-12-4-13-25-45)52(41-68-35-44-22-10-3-11-23-44)75-61(58)77-59-57(72-39-48-30-18-7-19-31-48)55(70-37-46-26-14-5-15-27-46)51(40-67-34-43-20-8-2-9-21-43)74-60(59)76-53(65)32-49(63)50(64)33-62/h2-33,51-52,54-61,65H,34-41H2,1H3/b49-32-,50-33+,65-53?/t51?,52?,54-,55-,56-,57-,58?,59?,60-,61-/m1/s1. The van der Waals surface area contributed by atoms with Crippen LogP contribution in [-0.2, 0) is 96.5 Å². The molecule has 1 N–H and O–H groups in total. The van der Waals surface area contributed by atoms with E-state index in [0.717, 1.165) is 40.5 Å². The number of allylic oxidation sites excluding steroid dienone is 2. The first kappa shape index (κ1) is 58.7. The summed E-state index contributed by atoms with van der Waals surface area (Å²) in [5.41, 5.74) is 5.53. The average Bonchev–Trinajstić information content (AvgIpc) is 3.48. The van der Waals surface area contributed by atoms with Crippen molar-refractivity contribution < 1.29 is 56.9 Å². The van der Waals surface area contributed by atoms with Crippen LogP contribution in [0.5, 0.6) is 0 Å². The first-order chi connectivity index (χ1) is 37.7. The topological polar surface area (TPSA) is 142 Å². The Balaban J connectivity index is 1.22. The molecule has 404 valence electrons. The summed E-state index contributed by atoms with van der Waals surface area (Å²) in [5.74, 6) is -0.814. The lowest BCUT2D eigenvalue weighted by Crippen LogP contribution is -2.66. The lowest BCUT2D eigenvalue weighted by Gasteiger charge is -2.49. The number of carbonyl (C=O) groups excluding carboxylic acids is 1. The number of hydrogen-bond donors (Lipinski definition) is 1. The number of carbonyl (C=O) groups is 1. The van der Waals surface area contributed by atoms with Crippen LogP contribution >= 0.6 is 67.8 Å². The minimum Gasteiger partial charge on any atom is -0.454 e. The second kappa shape index (κ2) is 31.4. The fraction of sp³-hybridized carbons (Fsp3) is 0.311. The van der Waals surface area contributed by atoms with E-state index in [1.165, 1.54) is 6.92 Å². The van der Waals surface area contributed by atoms with Crippen molar-refractivity contribution in [3.8, 4) is 0 Å². The molecule has 6 aromatic carbocycles. The van der Waals surface area contributed by atoms with Crippen LogP contribution in [0, 0.1) is 5.41 Å². The number of nitrogens with one attached hydrogen (secondary N) is 1. The van der Waals surface area contributed by atoms with Crippen molar-refractivity contribution in [1.82, 2.24) is 0 Å². The maximum Gasteiger partial charge on any atom is 0.303 e. The zero-order valence-corrected chi connectivity index (χ0v) is 48.9. The minimum absolute atomic E-state index is 0.0295. The van der Waals surface area contributed by atoms with E-state index in [4.69, 9.17) is 52.1 Å². The molecule has 2 fully saturated rings. The smallest absolute Gasteiger partial charge is 0.303 e. The highest BCUT2D eigenvalue weighted by Gasteiger charge is 2.56. The number of rotatable bonds is 26. The zero-order chi connectivity index (χ0) is 53.6. The van der Waals surface area contributed by atoms with Gasteiger partial charge >= 0.3 is 5.97 Å². The van der Waals surface area contributed by atoms with Gasteiger partial charge in [-0.1, -0.05) is 205 Å². The van der Waals surface area contributed by atoms with Crippen LogP contribution in [0.15, 0.2) is 199 Å². The van der Waals surface area contributed by atoms with Gasteiger partial charge in [0.15, 0.2) is 18.5 Å². The van der Waals surface area contributed by atoms with Crippen molar-refractivity contribution in [2.24, 2.45) is 0 Å². The van der Waals surface area contributed by atoms with Crippen molar-refractivity contribution in [1.29, 1.82) is 5.41 Å². The predicted molar refractivity (Wildman–Crippen MR) is 317 cm³/mol. The van der Waals surface area contributed by atoms with Crippen LogP contribution < -0.4 is 0 Å². The van der Waals surface area contributed by atoms with Gasteiger partial charge < -0.3 is 52.1 Å². The number of esters is 1. The number of benzene rings is 6. The first-order valence-corrected chi connectivity index (χ1v) is 28.7. The molecule has 10 atom stereocenters. The SMILES string of the molecule is CC(=O)OC1[C@@H](OC2[C@@H](OC(=N)/C=C(I)/C(I)=C\I)OC(COCc3ccccc3)[C@@H](OCc3ccccc3)[C@H]2OCc2ccccc2)OC(COCc2ccccc2)[C@@H](OCc2ccccc2)[C@H]1OCc1ccccc1. The molecule has 0 spiro atoms. The van der Waals surface area contributed by atoms with Crippen molar-refractivity contribution >= 4 is 79.6 Å². The maximum absolute atomic E-state index is 13.5. The van der Waals surface area contributed by atoms with Gasteiger partial charge in [0.2, 0.25) is 12.2 Å². The molecule has 2 saturated heterocycles. The summed E-state index contributed by atoms with van der Waals surface area (Å²) in [6, 6.07) is 58.8. The Kier molecular flexibility index (Phi) is 23.9. The molecule has 0 amide bonds. The quantitative estimate of drug-likeness (QED) is 0.0182. The molecular formula is C61H62I3NO12. The van der Waals surface area contributed by atoms with Crippen molar-refractivity contribution in [3.63, 3.8) is 0 Å². The zero-order valence-electron chi connectivity index (χ0n) is 42.4. The van der Waals surface area contributed by atoms with Crippen molar-refractivity contribution in [2.75, 3.05) is 13.2 Å². The van der Waals surface area contributed by atoms with Crippen LogP contribution in [0.4, 0.5) is 0 Å². The highest BCUT2D eigenvalue weighted by molar-refractivity contribution is 14.1. The molecular weight excluding hydrogens is 1320 g/mol. The fourth-order valence-electron chi connectivity index (χ4n) is 8.82. The molecule has 0 radical (unpaired) electrons. The largest absolute Gasteiger partial charge is 0.454 e. The molecule has 6 aromatic rings. The van der Waals surface area contributed by atoms with E-state index in [-0.39, 0.29) is 58.8 Å². The second-order valence-corrected chi connectivity index (χ2v) is 21.2. The van der Waals surface area contributed by atoms with Gasteiger partial charge in [0.25, 0.3) is 0 Å². The summed E-state index contributed by atoms with van der Waals surface area (Å²) >= 11 is 6.55. The highest BCUT2D eigenvalue weighted by atomic mass is 127. The normalized spacial score (nSPS) is 23.7. The van der Waals surface area contributed by atoms with Crippen molar-refractivity contribution in [2.45, 2.75) is 108 Å². The molecule has 2 aliphatic rings. The first-order valence-electron chi connectivity index (χ1n) is 25.3. The van der Waals surface area contributed by atoms with Gasteiger partial charge in [-0.2, -0.15) is 0 Å². The van der Waals surface area contributed by atoms with E-state index in [1.54, 1.807) is 6.08 Å². The van der Waals surface area contributed by atoms with Crippen LogP contribution in [0.2, 0.25) is 0 Å². The summed E-state index contributed by atoms with van der Waals surface area (Å²) in [6.45, 7) is 2.59. The van der Waals surface area contributed by atoms with Crippen LogP contribution in [-0.4, -0.2) is 86.5 Å². The van der Waals surface area contributed by atoms with E-state index in [9.17, 15) is 10.2 Å². The molecule has 2 heterocycles. The molecule has 77 heavy (non-hydrogen) atoms. The van der Waals surface area contributed by atoms with Gasteiger partial charge in [-0.25, -0.2) is 0 Å². The Morgan fingerprint density at radius 2 is 0.792 bits per heavy atom. The summed E-state index contributed by atoms with van der Waals surface area (Å²) in [5, 5.41) is 9.29. The summed E-state index contributed by atoms with van der Waals surface area (Å²) in [4.78, 5) is 13.5. The fourth-order valence-corrected chi connectivity index (χ4v) is 10.4. The highest BCUT2D eigenvalue weighted by Crippen LogP contribution is 2.37. The van der Waals surface area contributed by atoms with Gasteiger partial charge in [-0.05, 0) is 82.6 Å². The minimum atomic E-state index is -1.39. The molecule has 4 unspecified atom stereocenters. The molecule has 0 bridgehead atoms. The second-order valence-electron chi connectivity index (χ2n) is 18.2. The van der Waals surface area contributed by atoms with E-state index in [1.807, 2.05) is 186 Å². The van der Waals surface area contributed by atoms with Gasteiger partial charge in [-0.15, -0.1) is 0 Å². The number of ether oxygens (including phenoxy) is 11. The molecule has 2 aliphatic heterocycles. The lowest BCUT2D eigenvalue weighted by atomic mass is 9.96. The van der Waals surface area contributed by atoms with E-state index < -0.39 is 67.4 Å². The Hall–Kier alpha value is -4.43.